The van der Waals surface area contributed by atoms with Crippen molar-refractivity contribution in [3.8, 4) is 0 Å². The number of piperidine rings is 2. The van der Waals surface area contributed by atoms with Crippen LogP contribution >= 0.6 is 11.6 Å². The fourth-order valence-corrected chi connectivity index (χ4v) is 4.85. The minimum Gasteiger partial charge on any atom is -0.461 e. The normalized spacial score (nSPS) is 27.2. The molecule has 4 rings (SSSR count). The molecule has 1 spiro atoms. The van der Waals surface area contributed by atoms with Gasteiger partial charge in [-0.05, 0) is 56.5 Å². The van der Waals surface area contributed by atoms with Crippen LogP contribution in [0.25, 0.3) is 0 Å². The van der Waals surface area contributed by atoms with E-state index in [1.54, 1.807) is 0 Å². The molecule has 0 amide bonds. The first kappa shape index (κ1) is 19.2. The van der Waals surface area contributed by atoms with Gasteiger partial charge in [-0.15, -0.1) is 0 Å². The van der Waals surface area contributed by atoms with Crippen molar-refractivity contribution in [2.24, 2.45) is 5.41 Å². The number of halogens is 1. The highest BCUT2D eigenvalue weighted by Gasteiger charge is 2.50. The molecular formula is C21H29ClN2O3. The maximum atomic E-state index is 12.6. The van der Waals surface area contributed by atoms with Gasteiger partial charge in [0.05, 0.1) is 11.5 Å². The van der Waals surface area contributed by atoms with Crippen LogP contribution in [0.3, 0.4) is 0 Å². The van der Waals surface area contributed by atoms with Gasteiger partial charge in [0, 0.05) is 37.6 Å². The van der Waals surface area contributed by atoms with Gasteiger partial charge in [0.2, 0.25) is 0 Å². The van der Waals surface area contributed by atoms with Gasteiger partial charge >= 0.3 is 5.97 Å². The number of cyclic esters (lactones) is 1. The van der Waals surface area contributed by atoms with E-state index in [1.807, 2.05) is 12.1 Å². The van der Waals surface area contributed by atoms with Gasteiger partial charge in [-0.2, -0.15) is 0 Å². The number of aliphatic hydroxyl groups excluding tert-OH is 1. The molecule has 3 aliphatic rings. The number of likely N-dealkylation sites (tertiary alicyclic amines) is 2. The lowest BCUT2D eigenvalue weighted by atomic mass is 9.76. The van der Waals surface area contributed by atoms with Crippen LogP contribution < -0.4 is 0 Å². The van der Waals surface area contributed by atoms with Crippen molar-refractivity contribution in [3.63, 3.8) is 0 Å². The first-order valence-electron chi connectivity index (χ1n) is 10.1. The number of nitrogens with zero attached hydrogens (tertiary/aromatic N) is 2. The molecule has 0 radical (unpaired) electrons. The maximum absolute atomic E-state index is 12.6. The molecule has 1 aromatic carbocycles. The summed E-state index contributed by atoms with van der Waals surface area (Å²) in [5.41, 5.74) is 0.978. The highest BCUT2D eigenvalue weighted by molar-refractivity contribution is 6.30. The summed E-state index contributed by atoms with van der Waals surface area (Å²) >= 11 is 5.96. The van der Waals surface area contributed by atoms with Crippen molar-refractivity contribution in [3.05, 3.63) is 34.9 Å². The molecule has 1 atom stereocenters. The van der Waals surface area contributed by atoms with Gasteiger partial charge in [-0.3, -0.25) is 14.6 Å². The van der Waals surface area contributed by atoms with E-state index in [9.17, 15) is 9.90 Å². The largest absolute Gasteiger partial charge is 0.461 e. The number of benzene rings is 1. The number of carbonyl (C=O) groups is 1. The van der Waals surface area contributed by atoms with E-state index in [4.69, 9.17) is 16.3 Å². The Bertz CT molecular complexity index is 650. The quantitative estimate of drug-likeness (QED) is 0.798. The van der Waals surface area contributed by atoms with Crippen molar-refractivity contribution in [2.75, 3.05) is 32.7 Å². The van der Waals surface area contributed by atoms with Crippen molar-refractivity contribution >= 4 is 17.6 Å². The minimum atomic E-state index is -0.281. The van der Waals surface area contributed by atoms with Crippen LogP contribution in [-0.4, -0.2) is 65.8 Å². The zero-order valence-corrected chi connectivity index (χ0v) is 16.5. The molecule has 3 fully saturated rings. The molecule has 1 N–H and O–H groups in total. The molecule has 3 saturated heterocycles. The fourth-order valence-electron chi connectivity index (χ4n) is 4.72. The molecule has 3 heterocycles. The third-order valence-corrected chi connectivity index (χ3v) is 6.73. The third kappa shape index (κ3) is 4.48. The van der Waals surface area contributed by atoms with E-state index < -0.39 is 0 Å². The maximum Gasteiger partial charge on any atom is 0.312 e. The summed E-state index contributed by atoms with van der Waals surface area (Å²) in [6, 6.07) is 8.01. The zero-order valence-electron chi connectivity index (χ0n) is 15.8. The van der Waals surface area contributed by atoms with E-state index in [1.165, 1.54) is 5.56 Å². The summed E-state index contributed by atoms with van der Waals surface area (Å²) in [7, 11) is 0. The molecule has 148 valence electrons. The van der Waals surface area contributed by atoms with E-state index in [-0.39, 0.29) is 23.6 Å². The van der Waals surface area contributed by atoms with Crippen molar-refractivity contribution < 1.29 is 14.6 Å². The number of ether oxygens (including phenoxy) is 1. The topological polar surface area (TPSA) is 53.0 Å². The van der Waals surface area contributed by atoms with E-state index >= 15 is 0 Å². The van der Waals surface area contributed by atoms with Crippen LogP contribution in [-0.2, 0) is 16.1 Å². The molecule has 3 aliphatic heterocycles. The summed E-state index contributed by atoms with van der Waals surface area (Å²) in [6.45, 7) is 5.38. The second-order valence-corrected chi connectivity index (χ2v) is 8.88. The van der Waals surface area contributed by atoms with E-state index in [0.29, 0.717) is 0 Å². The van der Waals surface area contributed by atoms with Crippen molar-refractivity contribution in [1.29, 1.82) is 0 Å². The number of esters is 1. The zero-order chi connectivity index (χ0) is 18.9. The second kappa shape index (κ2) is 8.08. The Morgan fingerprint density at radius 1 is 1.07 bits per heavy atom. The van der Waals surface area contributed by atoms with Crippen LogP contribution in [0, 0.1) is 5.41 Å². The van der Waals surface area contributed by atoms with Crippen LogP contribution in [0.1, 0.15) is 37.7 Å². The van der Waals surface area contributed by atoms with Crippen molar-refractivity contribution in [2.45, 2.75) is 50.9 Å². The van der Waals surface area contributed by atoms with Crippen molar-refractivity contribution in [1.82, 2.24) is 9.80 Å². The predicted octanol–water partition coefficient (Wildman–Crippen LogP) is 2.69. The third-order valence-electron chi connectivity index (χ3n) is 6.48. The molecule has 27 heavy (non-hydrogen) atoms. The SMILES string of the molecule is O=C1OC(CN2CCC(O)CC2)CC12CCN(Cc1ccc(Cl)cc1)CC2. The van der Waals surface area contributed by atoms with Crippen LogP contribution in [0.5, 0.6) is 0 Å². The molecule has 1 aromatic rings. The standard InChI is InChI=1S/C21H29ClN2O3/c22-17-3-1-16(2-4-17)14-24-11-7-21(8-12-24)13-19(27-20(21)26)15-23-9-5-18(25)6-10-23/h1-4,18-19,25H,5-15H2. The summed E-state index contributed by atoms with van der Waals surface area (Å²) in [5.74, 6) is 0.00990. The predicted molar refractivity (Wildman–Crippen MR) is 105 cm³/mol. The highest BCUT2D eigenvalue weighted by Crippen LogP contribution is 2.43. The first-order valence-corrected chi connectivity index (χ1v) is 10.5. The Labute approximate surface area is 166 Å². The lowest BCUT2D eigenvalue weighted by Crippen LogP contribution is -2.42. The monoisotopic (exact) mass is 392 g/mol. The van der Waals surface area contributed by atoms with Gasteiger partial charge < -0.3 is 9.84 Å². The Balaban J connectivity index is 1.28. The summed E-state index contributed by atoms with van der Waals surface area (Å²) in [4.78, 5) is 17.4. The summed E-state index contributed by atoms with van der Waals surface area (Å²) in [5, 5.41) is 10.4. The molecule has 6 heteroatoms. The lowest BCUT2D eigenvalue weighted by molar-refractivity contribution is -0.151. The van der Waals surface area contributed by atoms with E-state index in [0.717, 1.165) is 76.4 Å². The van der Waals surface area contributed by atoms with Gasteiger partial charge in [0.25, 0.3) is 0 Å². The number of rotatable bonds is 4. The first-order chi connectivity index (χ1) is 13.0. The Hall–Kier alpha value is -1.14. The van der Waals surface area contributed by atoms with Crippen LogP contribution in [0.4, 0.5) is 0 Å². The fraction of sp³-hybridized carbons (Fsp3) is 0.667. The second-order valence-electron chi connectivity index (χ2n) is 8.45. The Morgan fingerprint density at radius 2 is 1.74 bits per heavy atom. The average Bonchev–Trinajstić information content (AvgIpc) is 2.96. The van der Waals surface area contributed by atoms with Gasteiger partial charge in [-0.1, -0.05) is 23.7 Å². The average molecular weight is 393 g/mol. The molecule has 0 aliphatic carbocycles. The Kier molecular flexibility index (Phi) is 5.74. The molecule has 0 bridgehead atoms. The molecule has 0 saturated carbocycles. The number of carbonyl (C=O) groups excluding carboxylic acids is 1. The molecule has 5 nitrogen and oxygen atoms in total. The van der Waals surface area contributed by atoms with Crippen LogP contribution in [0.15, 0.2) is 24.3 Å². The molecule has 1 unspecified atom stereocenters. The van der Waals surface area contributed by atoms with Gasteiger partial charge in [-0.25, -0.2) is 0 Å². The van der Waals surface area contributed by atoms with Gasteiger partial charge in [0.15, 0.2) is 0 Å². The lowest BCUT2D eigenvalue weighted by Gasteiger charge is -2.36. The number of hydrogen-bond donors (Lipinski definition) is 1. The Morgan fingerprint density at radius 3 is 2.41 bits per heavy atom. The molecule has 0 aromatic heterocycles. The van der Waals surface area contributed by atoms with Crippen LogP contribution in [0.2, 0.25) is 5.02 Å². The summed E-state index contributed by atoms with van der Waals surface area (Å²) < 4.78 is 5.77. The minimum absolute atomic E-state index is 0.00978. The highest BCUT2D eigenvalue weighted by atomic mass is 35.5. The summed E-state index contributed by atoms with van der Waals surface area (Å²) in [6.07, 6.45) is 4.11. The number of aliphatic hydroxyl groups is 1. The smallest absolute Gasteiger partial charge is 0.312 e. The van der Waals surface area contributed by atoms with Gasteiger partial charge in [0.1, 0.15) is 6.10 Å². The number of hydrogen-bond acceptors (Lipinski definition) is 5. The van der Waals surface area contributed by atoms with E-state index in [2.05, 4.69) is 21.9 Å². The molecular weight excluding hydrogens is 364 g/mol.